The predicted octanol–water partition coefficient (Wildman–Crippen LogP) is 0.291. The van der Waals surface area contributed by atoms with Crippen LogP contribution >= 0.6 is 0 Å². The van der Waals surface area contributed by atoms with Gasteiger partial charge in [0, 0.05) is 19.6 Å². The summed E-state index contributed by atoms with van der Waals surface area (Å²) in [5.74, 6) is -0.0666. The van der Waals surface area contributed by atoms with Crippen LogP contribution in [-0.4, -0.2) is 47.6 Å². The number of ether oxygens (including phenoxy) is 1. The molecule has 0 aliphatic carbocycles. The third-order valence-corrected chi connectivity index (χ3v) is 3.56. The highest BCUT2D eigenvalue weighted by Crippen LogP contribution is 2.24. The zero-order valence-electron chi connectivity index (χ0n) is 10.7. The van der Waals surface area contributed by atoms with Gasteiger partial charge in [-0.1, -0.05) is 0 Å². The van der Waals surface area contributed by atoms with Gasteiger partial charge in [0.2, 0.25) is 11.8 Å². The minimum atomic E-state index is -0.810. The van der Waals surface area contributed by atoms with E-state index in [-0.39, 0.29) is 24.0 Å². The summed E-state index contributed by atoms with van der Waals surface area (Å²) in [4.78, 5) is 25.8. The molecule has 5 nitrogen and oxygen atoms in total. The van der Waals surface area contributed by atoms with E-state index in [1.165, 1.54) is 0 Å². The minimum absolute atomic E-state index is 0.00861. The summed E-state index contributed by atoms with van der Waals surface area (Å²) < 4.78 is 5.50. The monoisotopic (exact) mass is 240 g/mol. The van der Waals surface area contributed by atoms with Gasteiger partial charge < -0.3 is 15.0 Å². The Morgan fingerprint density at radius 1 is 1.41 bits per heavy atom. The van der Waals surface area contributed by atoms with Crippen molar-refractivity contribution in [2.45, 2.75) is 51.3 Å². The molecule has 0 saturated carbocycles. The van der Waals surface area contributed by atoms with E-state index in [2.05, 4.69) is 5.32 Å². The average molecular weight is 240 g/mol. The first-order chi connectivity index (χ1) is 7.92. The van der Waals surface area contributed by atoms with E-state index in [0.717, 1.165) is 6.42 Å². The van der Waals surface area contributed by atoms with E-state index in [1.54, 1.807) is 13.8 Å². The zero-order chi connectivity index (χ0) is 12.6. The number of carbonyl (C=O) groups excluding carboxylic acids is 2. The Hall–Kier alpha value is -1.10. The number of hydrogen-bond donors (Lipinski definition) is 1. The Kier molecular flexibility index (Phi) is 3.12. The quantitative estimate of drug-likeness (QED) is 0.716. The molecule has 0 aromatic carbocycles. The van der Waals surface area contributed by atoms with Crippen LogP contribution < -0.4 is 5.32 Å². The summed E-state index contributed by atoms with van der Waals surface area (Å²) in [6.07, 6.45) is 1.29. The van der Waals surface area contributed by atoms with Gasteiger partial charge in [-0.3, -0.25) is 9.59 Å². The SMILES string of the molecule is CC1OCCC1N1CCC(=O)NC(C)(C)C1=O. The molecule has 2 rings (SSSR count). The van der Waals surface area contributed by atoms with Crippen molar-refractivity contribution in [2.75, 3.05) is 13.2 Å². The molecule has 0 aromatic rings. The van der Waals surface area contributed by atoms with Gasteiger partial charge in [-0.25, -0.2) is 0 Å². The van der Waals surface area contributed by atoms with Crippen LogP contribution in [0.2, 0.25) is 0 Å². The summed E-state index contributed by atoms with van der Waals surface area (Å²) in [6.45, 7) is 6.68. The van der Waals surface area contributed by atoms with Crippen LogP contribution in [0.25, 0.3) is 0 Å². The third-order valence-electron chi connectivity index (χ3n) is 3.56. The van der Waals surface area contributed by atoms with Gasteiger partial charge in [0.15, 0.2) is 0 Å². The molecule has 2 heterocycles. The number of amides is 2. The number of nitrogens with one attached hydrogen (secondary N) is 1. The summed E-state index contributed by atoms with van der Waals surface area (Å²) >= 11 is 0. The number of hydrogen-bond acceptors (Lipinski definition) is 3. The number of nitrogens with zero attached hydrogens (tertiary/aromatic N) is 1. The molecule has 1 N–H and O–H groups in total. The maximum atomic E-state index is 12.4. The van der Waals surface area contributed by atoms with Gasteiger partial charge >= 0.3 is 0 Å². The molecule has 2 aliphatic heterocycles. The van der Waals surface area contributed by atoms with E-state index >= 15 is 0 Å². The smallest absolute Gasteiger partial charge is 0.248 e. The van der Waals surface area contributed by atoms with Gasteiger partial charge in [-0.15, -0.1) is 0 Å². The Morgan fingerprint density at radius 2 is 2.12 bits per heavy atom. The normalized spacial score (nSPS) is 33.5. The molecule has 0 aromatic heterocycles. The van der Waals surface area contributed by atoms with Crippen molar-refractivity contribution in [3.8, 4) is 0 Å². The molecule has 17 heavy (non-hydrogen) atoms. The Morgan fingerprint density at radius 3 is 2.71 bits per heavy atom. The second-order valence-electron chi connectivity index (χ2n) is 5.35. The molecular weight excluding hydrogens is 220 g/mol. The first kappa shape index (κ1) is 12.4. The predicted molar refractivity (Wildman–Crippen MR) is 62.4 cm³/mol. The van der Waals surface area contributed by atoms with E-state index in [0.29, 0.717) is 19.6 Å². The molecule has 0 radical (unpaired) electrons. The molecule has 2 amide bonds. The van der Waals surface area contributed by atoms with E-state index < -0.39 is 5.54 Å². The second-order valence-corrected chi connectivity index (χ2v) is 5.35. The maximum absolute atomic E-state index is 12.4. The molecular formula is C12H20N2O3. The average Bonchev–Trinajstić information content (AvgIpc) is 2.60. The lowest BCUT2D eigenvalue weighted by Gasteiger charge is -2.34. The van der Waals surface area contributed by atoms with Crippen LogP contribution in [0.5, 0.6) is 0 Å². The van der Waals surface area contributed by atoms with Crippen molar-refractivity contribution >= 4 is 11.8 Å². The van der Waals surface area contributed by atoms with E-state index in [1.807, 2.05) is 11.8 Å². The first-order valence-electron chi connectivity index (χ1n) is 6.15. The largest absolute Gasteiger partial charge is 0.376 e. The lowest BCUT2D eigenvalue weighted by Crippen LogP contribution is -2.56. The lowest BCUT2D eigenvalue weighted by molar-refractivity contribution is -0.140. The molecule has 96 valence electrons. The fraction of sp³-hybridized carbons (Fsp3) is 0.833. The lowest BCUT2D eigenvalue weighted by atomic mass is 10.0. The van der Waals surface area contributed by atoms with Crippen molar-refractivity contribution in [2.24, 2.45) is 0 Å². The number of carbonyl (C=O) groups is 2. The second kappa shape index (κ2) is 4.29. The molecule has 2 fully saturated rings. The highest BCUT2D eigenvalue weighted by Gasteiger charge is 2.42. The fourth-order valence-corrected chi connectivity index (χ4v) is 2.59. The van der Waals surface area contributed by atoms with Crippen LogP contribution in [-0.2, 0) is 14.3 Å². The Balaban J connectivity index is 2.21. The summed E-state index contributed by atoms with van der Waals surface area (Å²) in [7, 11) is 0. The maximum Gasteiger partial charge on any atom is 0.248 e. The minimum Gasteiger partial charge on any atom is -0.376 e. The third kappa shape index (κ3) is 2.29. The van der Waals surface area contributed by atoms with Crippen LogP contribution in [0.1, 0.15) is 33.6 Å². The van der Waals surface area contributed by atoms with Crippen molar-refractivity contribution < 1.29 is 14.3 Å². The van der Waals surface area contributed by atoms with E-state index in [9.17, 15) is 9.59 Å². The molecule has 2 aliphatic rings. The molecule has 2 atom stereocenters. The van der Waals surface area contributed by atoms with Crippen LogP contribution in [0.15, 0.2) is 0 Å². The summed E-state index contributed by atoms with van der Waals surface area (Å²) in [6, 6.07) is 0.106. The van der Waals surface area contributed by atoms with Crippen molar-refractivity contribution in [3.63, 3.8) is 0 Å². The van der Waals surface area contributed by atoms with Gasteiger partial charge in [0.25, 0.3) is 0 Å². The number of rotatable bonds is 1. The highest BCUT2D eigenvalue weighted by molar-refractivity contribution is 5.93. The van der Waals surface area contributed by atoms with Gasteiger partial charge in [0.1, 0.15) is 5.54 Å². The van der Waals surface area contributed by atoms with Crippen molar-refractivity contribution in [3.05, 3.63) is 0 Å². The van der Waals surface area contributed by atoms with E-state index in [4.69, 9.17) is 4.74 Å². The summed E-state index contributed by atoms with van der Waals surface area (Å²) in [5, 5.41) is 2.77. The zero-order valence-corrected chi connectivity index (χ0v) is 10.7. The molecule has 2 saturated heterocycles. The van der Waals surface area contributed by atoms with Crippen molar-refractivity contribution in [1.82, 2.24) is 10.2 Å². The van der Waals surface area contributed by atoms with Gasteiger partial charge in [0.05, 0.1) is 12.1 Å². The van der Waals surface area contributed by atoms with Crippen LogP contribution in [0, 0.1) is 0 Å². The first-order valence-corrected chi connectivity index (χ1v) is 6.15. The van der Waals surface area contributed by atoms with Crippen LogP contribution in [0.4, 0.5) is 0 Å². The Labute approximate surface area is 101 Å². The Bertz CT molecular complexity index is 341. The topological polar surface area (TPSA) is 58.6 Å². The summed E-state index contributed by atoms with van der Waals surface area (Å²) in [5.41, 5.74) is -0.810. The molecule has 0 bridgehead atoms. The molecule has 2 unspecified atom stereocenters. The fourth-order valence-electron chi connectivity index (χ4n) is 2.59. The highest BCUT2D eigenvalue weighted by atomic mass is 16.5. The van der Waals surface area contributed by atoms with Crippen molar-refractivity contribution in [1.29, 1.82) is 0 Å². The van der Waals surface area contributed by atoms with Gasteiger partial charge in [-0.05, 0) is 27.2 Å². The van der Waals surface area contributed by atoms with Gasteiger partial charge in [-0.2, -0.15) is 0 Å². The van der Waals surface area contributed by atoms with Crippen LogP contribution in [0.3, 0.4) is 0 Å². The molecule has 5 heteroatoms. The molecule has 0 spiro atoms. The standard InChI is InChI=1S/C12H20N2O3/c1-8-9(5-7-17-8)14-6-4-10(15)13-12(2,3)11(14)16/h8-9H,4-7H2,1-3H3,(H,13,15).